The number of rotatable bonds is 1. The fourth-order valence-corrected chi connectivity index (χ4v) is 0.907. The first-order valence-corrected chi connectivity index (χ1v) is 3.52. The molecule has 0 aromatic rings. The maximum absolute atomic E-state index is 10.9. The summed E-state index contributed by atoms with van der Waals surface area (Å²) in [5.41, 5.74) is 0.591. The van der Waals surface area contributed by atoms with Crippen molar-refractivity contribution in [2.45, 2.75) is 13.3 Å². The highest BCUT2D eigenvalue weighted by Crippen LogP contribution is 1.93. The maximum Gasteiger partial charge on any atom is 0.270 e. The van der Waals surface area contributed by atoms with Crippen molar-refractivity contribution in [2.75, 3.05) is 6.54 Å². The molecule has 0 saturated carbocycles. The molecule has 1 rings (SSSR count). The van der Waals surface area contributed by atoms with Gasteiger partial charge in [-0.25, -0.2) is 0 Å². The second-order valence-corrected chi connectivity index (χ2v) is 2.49. The summed E-state index contributed by atoms with van der Waals surface area (Å²) in [5.74, 6) is -0.140. The molecule has 54 valence electrons. The summed E-state index contributed by atoms with van der Waals surface area (Å²) >= 11 is 4.74. The van der Waals surface area contributed by atoms with Gasteiger partial charge in [-0.2, -0.15) is 0 Å². The number of carbonyl (C=O) groups excluding carboxylic acids is 1. The Kier molecular flexibility index (Phi) is 2.11. The SMILES string of the molecule is CCC1=NCC(=S)NC1=O. The van der Waals surface area contributed by atoms with Crippen LogP contribution < -0.4 is 5.32 Å². The van der Waals surface area contributed by atoms with E-state index < -0.39 is 0 Å². The van der Waals surface area contributed by atoms with Gasteiger partial charge in [-0.05, 0) is 6.42 Å². The molecule has 0 spiro atoms. The lowest BCUT2D eigenvalue weighted by atomic mass is 10.2. The van der Waals surface area contributed by atoms with E-state index >= 15 is 0 Å². The third kappa shape index (κ3) is 1.39. The number of carbonyl (C=O) groups is 1. The molecule has 4 heteroatoms. The van der Waals surface area contributed by atoms with E-state index in [9.17, 15) is 4.79 Å². The zero-order valence-electron chi connectivity index (χ0n) is 5.68. The summed E-state index contributed by atoms with van der Waals surface area (Å²) in [6.45, 7) is 2.36. The van der Waals surface area contributed by atoms with E-state index in [0.717, 1.165) is 0 Å². The van der Waals surface area contributed by atoms with Gasteiger partial charge in [0.25, 0.3) is 5.91 Å². The first-order valence-electron chi connectivity index (χ1n) is 3.11. The van der Waals surface area contributed by atoms with E-state index in [1.54, 1.807) is 0 Å². The minimum atomic E-state index is -0.140. The minimum Gasteiger partial charge on any atom is -0.314 e. The summed E-state index contributed by atoms with van der Waals surface area (Å²) in [7, 11) is 0. The molecule has 1 amide bonds. The monoisotopic (exact) mass is 156 g/mol. The normalized spacial score (nSPS) is 18.3. The van der Waals surface area contributed by atoms with Crippen LogP contribution in [0.1, 0.15) is 13.3 Å². The van der Waals surface area contributed by atoms with Crippen molar-refractivity contribution in [3.8, 4) is 0 Å². The van der Waals surface area contributed by atoms with E-state index in [-0.39, 0.29) is 5.91 Å². The van der Waals surface area contributed by atoms with E-state index in [2.05, 4.69) is 10.3 Å². The number of nitrogens with zero attached hydrogens (tertiary/aromatic N) is 1. The number of hydrogen-bond acceptors (Lipinski definition) is 3. The van der Waals surface area contributed by atoms with E-state index in [4.69, 9.17) is 12.2 Å². The fraction of sp³-hybridized carbons (Fsp3) is 0.500. The van der Waals surface area contributed by atoms with Crippen LogP contribution in [0.2, 0.25) is 0 Å². The van der Waals surface area contributed by atoms with Gasteiger partial charge in [0.2, 0.25) is 0 Å². The molecule has 0 atom stereocenters. The Balaban J connectivity index is 2.75. The number of hydrogen-bond donors (Lipinski definition) is 1. The van der Waals surface area contributed by atoms with Gasteiger partial charge in [0.15, 0.2) is 0 Å². The molecular weight excluding hydrogens is 148 g/mol. The van der Waals surface area contributed by atoms with Crippen LogP contribution in [0.3, 0.4) is 0 Å². The molecule has 0 unspecified atom stereocenters. The molecule has 0 fully saturated rings. The Labute approximate surface area is 64.5 Å². The first-order chi connectivity index (χ1) is 4.74. The lowest BCUT2D eigenvalue weighted by Crippen LogP contribution is -2.40. The number of amides is 1. The van der Waals surface area contributed by atoms with Crippen LogP contribution in [0.25, 0.3) is 0 Å². The topological polar surface area (TPSA) is 41.5 Å². The molecule has 0 saturated heterocycles. The summed E-state index contributed by atoms with van der Waals surface area (Å²) in [4.78, 5) is 15.4. The molecule has 0 radical (unpaired) electrons. The molecule has 0 aromatic carbocycles. The number of thiocarbonyl (C=S) groups is 1. The van der Waals surface area contributed by atoms with Crippen LogP contribution in [0.15, 0.2) is 4.99 Å². The summed E-state index contributed by atoms with van der Waals surface area (Å²) in [6.07, 6.45) is 0.675. The zero-order valence-corrected chi connectivity index (χ0v) is 6.49. The van der Waals surface area contributed by atoms with Crippen molar-refractivity contribution in [1.29, 1.82) is 0 Å². The number of nitrogens with one attached hydrogen (secondary N) is 1. The molecule has 1 aliphatic heterocycles. The fourth-order valence-electron chi connectivity index (χ4n) is 0.750. The molecule has 0 aromatic heterocycles. The highest BCUT2D eigenvalue weighted by atomic mass is 32.1. The second-order valence-electron chi connectivity index (χ2n) is 1.99. The van der Waals surface area contributed by atoms with Crippen LogP contribution in [-0.4, -0.2) is 23.2 Å². The molecule has 0 aliphatic carbocycles. The highest BCUT2D eigenvalue weighted by molar-refractivity contribution is 7.80. The third-order valence-corrected chi connectivity index (χ3v) is 1.49. The third-order valence-electron chi connectivity index (χ3n) is 1.26. The minimum absolute atomic E-state index is 0.140. The van der Waals surface area contributed by atoms with Crippen LogP contribution in [0.5, 0.6) is 0 Å². The van der Waals surface area contributed by atoms with Crippen molar-refractivity contribution in [3.05, 3.63) is 0 Å². The van der Waals surface area contributed by atoms with Crippen molar-refractivity contribution in [1.82, 2.24) is 5.32 Å². The average molecular weight is 156 g/mol. The van der Waals surface area contributed by atoms with E-state index in [1.807, 2.05) is 6.92 Å². The molecule has 10 heavy (non-hydrogen) atoms. The summed E-state index contributed by atoms with van der Waals surface area (Å²) < 4.78 is 0. The molecule has 0 bridgehead atoms. The van der Waals surface area contributed by atoms with Crippen molar-refractivity contribution < 1.29 is 4.79 Å². The molecule has 1 N–H and O–H groups in total. The summed E-state index contributed by atoms with van der Waals surface area (Å²) in [6, 6.07) is 0. The largest absolute Gasteiger partial charge is 0.314 e. The van der Waals surface area contributed by atoms with Crippen LogP contribution in [0.4, 0.5) is 0 Å². The quantitative estimate of drug-likeness (QED) is 0.554. The Morgan fingerprint density at radius 1 is 1.80 bits per heavy atom. The molecule has 1 heterocycles. The number of aliphatic imine (C=N–C) groups is 1. The van der Waals surface area contributed by atoms with Gasteiger partial charge in [-0.1, -0.05) is 19.1 Å². The lowest BCUT2D eigenvalue weighted by molar-refractivity contribution is -0.113. The molecular formula is C6H8N2OS. The molecule has 3 nitrogen and oxygen atoms in total. The Morgan fingerprint density at radius 3 is 3.00 bits per heavy atom. The van der Waals surface area contributed by atoms with Gasteiger partial charge in [-0.15, -0.1) is 0 Å². The van der Waals surface area contributed by atoms with Gasteiger partial charge in [-0.3, -0.25) is 9.79 Å². The Morgan fingerprint density at radius 2 is 2.50 bits per heavy atom. The second kappa shape index (κ2) is 2.88. The van der Waals surface area contributed by atoms with E-state index in [0.29, 0.717) is 23.7 Å². The van der Waals surface area contributed by atoms with Gasteiger partial charge < -0.3 is 5.32 Å². The zero-order chi connectivity index (χ0) is 7.56. The van der Waals surface area contributed by atoms with Crippen LogP contribution in [0, 0.1) is 0 Å². The van der Waals surface area contributed by atoms with Crippen LogP contribution in [-0.2, 0) is 4.79 Å². The van der Waals surface area contributed by atoms with Crippen molar-refractivity contribution >= 4 is 28.8 Å². The standard InChI is InChI=1S/C6H8N2OS/c1-2-4-6(9)8-5(10)3-7-4/h2-3H2,1H3,(H,8,9,10). The van der Waals surface area contributed by atoms with Crippen molar-refractivity contribution in [3.63, 3.8) is 0 Å². The van der Waals surface area contributed by atoms with Gasteiger partial charge in [0.1, 0.15) is 10.7 Å². The molecule has 1 aliphatic rings. The highest BCUT2D eigenvalue weighted by Gasteiger charge is 2.14. The average Bonchev–Trinajstić information content (AvgIpc) is 1.88. The Bertz CT molecular complexity index is 210. The van der Waals surface area contributed by atoms with Crippen LogP contribution >= 0.6 is 12.2 Å². The summed E-state index contributed by atoms with van der Waals surface area (Å²) in [5, 5.41) is 2.54. The predicted molar refractivity (Wildman–Crippen MR) is 43.3 cm³/mol. The first kappa shape index (κ1) is 7.34. The smallest absolute Gasteiger partial charge is 0.270 e. The van der Waals surface area contributed by atoms with Crippen molar-refractivity contribution in [2.24, 2.45) is 4.99 Å². The lowest BCUT2D eigenvalue weighted by Gasteiger charge is -2.11. The maximum atomic E-state index is 10.9. The van der Waals surface area contributed by atoms with Gasteiger partial charge in [0.05, 0.1) is 6.54 Å². The Hall–Kier alpha value is -0.770. The van der Waals surface area contributed by atoms with Gasteiger partial charge in [0, 0.05) is 0 Å². The predicted octanol–water partition coefficient (Wildman–Crippen LogP) is 0.295. The van der Waals surface area contributed by atoms with E-state index in [1.165, 1.54) is 0 Å². The van der Waals surface area contributed by atoms with Gasteiger partial charge >= 0.3 is 0 Å².